The Morgan fingerprint density at radius 1 is 1.27 bits per heavy atom. The van der Waals surface area contributed by atoms with Crippen molar-refractivity contribution in [1.29, 1.82) is 0 Å². The van der Waals surface area contributed by atoms with Gasteiger partial charge in [0.25, 0.3) is 5.91 Å². The van der Waals surface area contributed by atoms with Crippen LogP contribution in [0.1, 0.15) is 24.2 Å². The predicted molar refractivity (Wildman–Crippen MR) is 64.8 cm³/mol. The van der Waals surface area contributed by atoms with Gasteiger partial charge in [0.1, 0.15) is 0 Å². The summed E-state index contributed by atoms with van der Waals surface area (Å²) in [6.45, 7) is 3.92. The summed E-state index contributed by atoms with van der Waals surface area (Å²) in [6.07, 6.45) is 0. The maximum Gasteiger partial charge on any atom is 0.257 e. The van der Waals surface area contributed by atoms with Gasteiger partial charge in [-0.25, -0.2) is 0 Å². The molecule has 2 N–H and O–H groups in total. The van der Waals surface area contributed by atoms with Crippen LogP contribution in [0.2, 0.25) is 0 Å². The molecule has 80 valence electrons. The van der Waals surface area contributed by atoms with Gasteiger partial charge in [-0.2, -0.15) is 0 Å². The van der Waals surface area contributed by atoms with Crippen LogP contribution >= 0.6 is 12.2 Å². The number of carbonyl (C=O) groups is 1. The third-order valence-corrected chi connectivity index (χ3v) is 1.90. The number of hydrogen-bond acceptors (Lipinski definition) is 2. The maximum absolute atomic E-state index is 11.6. The Bertz CT molecular complexity index is 349. The summed E-state index contributed by atoms with van der Waals surface area (Å²) < 4.78 is 0. The van der Waals surface area contributed by atoms with Crippen LogP contribution in [-0.2, 0) is 0 Å². The highest BCUT2D eigenvalue weighted by atomic mass is 32.1. The summed E-state index contributed by atoms with van der Waals surface area (Å²) in [4.78, 5) is 11.6. The van der Waals surface area contributed by atoms with Gasteiger partial charge in [0.15, 0.2) is 5.11 Å². The topological polar surface area (TPSA) is 41.1 Å². The molecule has 0 aliphatic rings. The van der Waals surface area contributed by atoms with E-state index in [1.165, 1.54) is 0 Å². The molecule has 0 saturated heterocycles. The molecular formula is C11H14N2OS. The summed E-state index contributed by atoms with van der Waals surface area (Å²) in [5.74, 6) is -0.186. The minimum absolute atomic E-state index is 0.186. The maximum atomic E-state index is 11.6. The molecular weight excluding hydrogens is 208 g/mol. The summed E-state index contributed by atoms with van der Waals surface area (Å²) in [6, 6.07) is 9.19. The van der Waals surface area contributed by atoms with Crippen LogP contribution in [0.3, 0.4) is 0 Å². The lowest BCUT2D eigenvalue weighted by atomic mass is 10.2. The Hall–Kier alpha value is -1.42. The molecule has 0 atom stereocenters. The largest absolute Gasteiger partial charge is 0.360 e. The van der Waals surface area contributed by atoms with E-state index >= 15 is 0 Å². The van der Waals surface area contributed by atoms with Gasteiger partial charge in [0, 0.05) is 11.6 Å². The standard InChI is InChI=1S/C11H14N2OS/c1-8(2)12-11(15)13-10(14)9-6-4-3-5-7-9/h3-8H,1-2H3,(H2,12,13,14,15). The monoisotopic (exact) mass is 222 g/mol. The first-order valence-corrected chi connectivity index (χ1v) is 5.17. The molecule has 0 spiro atoms. The Balaban J connectivity index is 2.53. The molecule has 1 rings (SSSR count). The van der Waals surface area contributed by atoms with E-state index in [2.05, 4.69) is 10.6 Å². The average Bonchev–Trinajstić information content (AvgIpc) is 2.17. The average molecular weight is 222 g/mol. The van der Waals surface area contributed by atoms with Gasteiger partial charge in [-0.05, 0) is 38.2 Å². The normalized spacial score (nSPS) is 9.80. The van der Waals surface area contributed by atoms with Crippen molar-refractivity contribution in [3.63, 3.8) is 0 Å². The smallest absolute Gasteiger partial charge is 0.257 e. The number of hydrogen-bond donors (Lipinski definition) is 2. The van der Waals surface area contributed by atoms with Crippen LogP contribution < -0.4 is 10.6 Å². The third-order valence-electron chi connectivity index (χ3n) is 1.68. The molecule has 0 bridgehead atoms. The second-order valence-corrected chi connectivity index (χ2v) is 3.86. The van der Waals surface area contributed by atoms with Crippen molar-refractivity contribution in [2.45, 2.75) is 19.9 Å². The highest BCUT2D eigenvalue weighted by Gasteiger charge is 2.06. The van der Waals surface area contributed by atoms with Crippen molar-refractivity contribution in [1.82, 2.24) is 10.6 Å². The Kier molecular flexibility index (Phi) is 4.24. The number of carbonyl (C=O) groups excluding carboxylic acids is 1. The van der Waals surface area contributed by atoms with Crippen LogP contribution in [0.4, 0.5) is 0 Å². The van der Waals surface area contributed by atoms with Crippen LogP contribution in [-0.4, -0.2) is 17.1 Å². The first-order valence-electron chi connectivity index (χ1n) is 4.76. The fourth-order valence-electron chi connectivity index (χ4n) is 1.06. The first-order chi connectivity index (χ1) is 7.09. The van der Waals surface area contributed by atoms with Crippen molar-refractivity contribution in [3.8, 4) is 0 Å². The molecule has 0 radical (unpaired) electrons. The van der Waals surface area contributed by atoms with E-state index in [9.17, 15) is 4.79 Å². The predicted octanol–water partition coefficient (Wildman–Crippen LogP) is 1.70. The lowest BCUT2D eigenvalue weighted by Gasteiger charge is -2.11. The molecule has 0 heterocycles. The molecule has 1 aromatic rings. The van der Waals surface area contributed by atoms with Crippen molar-refractivity contribution < 1.29 is 4.79 Å². The third kappa shape index (κ3) is 4.08. The van der Waals surface area contributed by atoms with Crippen LogP contribution in [0.5, 0.6) is 0 Å². The van der Waals surface area contributed by atoms with Gasteiger partial charge < -0.3 is 5.32 Å². The molecule has 3 nitrogen and oxygen atoms in total. The summed E-state index contributed by atoms with van der Waals surface area (Å²) in [7, 11) is 0. The van der Waals surface area contributed by atoms with E-state index < -0.39 is 0 Å². The molecule has 0 saturated carbocycles. The quantitative estimate of drug-likeness (QED) is 0.748. The number of rotatable bonds is 2. The van der Waals surface area contributed by atoms with Gasteiger partial charge in [0.2, 0.25) is 0 Å². The fourth-order valence-corrected chi connectivity index (χ4v) is 1.39. The molecule has 0 fully saturated rings. The number of benzene rings is 1. The molecule has 15 heavy (non-hydrogen) atoms. The molecule has 0 aliphatic heterocycles. The van der Waals surface area contributed by atoms with Gasteiger partial charge >= 0.3 is 0 Å². The summed E-state index contributed by atoms with van der Waals surface area (Å²) >= 11 is 4.96. The molecule has 4 heteroatoms. The van der Waals surface area contributed by atoms with Gasteiger partial charge in [-0.15, -0.1) is 0 Å². The Morgan fingerprint density at radius 3 is 2.40 bits per heavy atom. The second-order valence-electron chi connectivity index (χ2n) is 3.45. The van der Waals surface area contributed by atoms with Gasteiger partial charge in [-0.1, -0.05) is 18.2 Å². The molecule has 1 amide bonds. The van der Waals surface area contributed by atoms with Gasteiger partial charge in [0.05, 0.1) is 0 Å². The van der Waals surface area contributed by atoms with Crippen LogP contribution in [0.15, 0.2) is 30.3 Å². The summed E-state index contributed by atoms with van der Waals surface area (Å²) in [5.41, 5.74) is 0.602. The second kappa shape index (κ2) is 5.46. The molecule has 0 unspecified atom stereocenters. The zero-order chi connectivity index (χ0) is 11.3. The van der Waals surface area contributed by atoms with E-state index in [1.807, 2.05) is 32.0 Å². The highest BCUT2D eigenvalue weighted by Crippen LogP contribution is 1.97. The molecule has 0 aromatic heterocycles. The Labute approximate surface area is 94.9 Å². The van der Waals surface area contributed by atoms with E-state index in [1.54, 1.807) is 12.1 Å². The number of amides is 1. The van der Waals surface area contributed by atoms with Crippen LogP contribution in [0, 0.1) is 0 Å². The number of nitrogens with one attached hydrogen (secondary N) is 2. The SMILES string of the molecule is CC(C)NC(=S)NC(=O)c1ccccc1. The summed E-state index contributed by atoms with van der Waals surface area (Å²) in [5, 5.41) is 5.91. The van der Waals surface area contributed by atoms with Crippen molar-refractivity contribution in [2.24, 2.45) is 0 Å². The lowest BCUT2D eigenvalue weighted by molar-refractivity contribution is 0.0976. The number of thiocarbonyl (C=S) groups is 1. The van der Waals surface area contributed by atoms with E-state index in [0.29, 0.717) is 10.7 Å². The zero-order valence-corrected chi connectivity index (χ0v) is 9.60. The van der Waals surface area contributed by atoms with Crippen molar-refractivity contribution in [3.05, 3.63) is 35.9 Å². The van der Waals surface area contributed by atoms with E-state index in [0.717, 1.165) is 0 Å². The van der Waals surface area contributed by atoms with Gasteiger partial charge in [-0.3, -0.25) is 10.1 Å². The highest BCUT2D eigenvalue weighted by molar-refractivity contribution is 7.80. The van der Waals surface area contributed by atoms with E-state index in [4.69, 9.17) is 12.2 Å². The van der Waals surface area contributed by atoms with Crippen LogP contribution in [0.25, 0.3) is 0 Å². The Morgan fingerprint density at radius 2 is 1.87 bits per heavy atom. The minimum atomic E-state index is -0.186. The lowest BCUT2D eigenvalue weighted by Crippen LogP contribution is -2.42. The van der Waals surface area contributed by atoms with Crippen molar-refractivity contribution >= 4 is 23.2 Å². The molecule has 0 aliphatic carbocycles. The minimum Gasteiger partial charge on any atom is -0.360 e. The molecule has 1 aromatic carbocycles. The zero-order valence-electron chi connectivity index (χ0n) is 8.78. The fraction of sp³-hybridized carbons (Fsp3) is 0.273. The first kappa shape index (κ1) is 11.7. The van der Waals surface area contributed by atoms with Crippen molar-refractivity contribution in [2.75, 3.05) is 0 Å². The van der Waals surface area contributed by atoms with E-state index in [-0.39, 0.29) is 11.9 Å².